The molecule has 134 valence electrons. The monoisotopic (exact) mass is 334 g/mol. The molecule has 0 aliphatic carbocycles. The summed E-state index contributed by atoms with van der Waals surface area (Å²) >= 11 is 0. The Morgan fingerprint density at radius 3 is 1.86 bits per heavy atom. The van der Waals surface area contributed by atoms with E-state index in [1.54, 1.807) is 0 Å². The van der Waals surface area contributed by atoms with Gasteiger partial charge in [0.25, 0.3) is 0 Å². The molecule has 0 fully saturated rings. The molecule has 0 bridgehead atoms. The zero-order valence-corrected chi connectivity index (χ0v) is 16.3. The van der Waals surface area contributed by atoms with Crippen LogP contribution in [-0.4, -0.2) is 19.4 Å². The fourth-order valence-electron chi connectivity index (χ4n) is 2.22. The summed E-state index contributed by atoms with van der Waals surface area (Å²) < 4.78 is 23.9. The summed E-state index contributed by atoms with van der Waals surface area (Å²) in [5, 5.41) is 0. The maximum absolute atomic E-state index is 12.6. The minimum atomic E-state index is -2.86. The highest BCUT2D eigenvalue weighted by Gasteiger charge is 2.23. The van der Waals surface area contributed by atoms with Crippen LogP contribution in [-0.2, 0) is 13.6 Å². The number of hydrogen-bond acceptors (Lipinski definition) is 3. The van der Waals surface area contributed by atoms with Gasteiger partial charge in [-0.15, -0.1) is 0 Å². The molecular formula is C18H39O3P. The molecule has 22 heavy (non-hydrogen) atoms. The maximum atomic E-state index is 12.6. The van der Waals surface area contributed by atoms with Crippen LogP contribution in [0.1, 0.15) is 91.9 Å². The Hall–Kier alpha value is 0.150. The molecule has 0 amide bonds. The maximum Gasteiger partial charge on any atom is 0.330 e. The van der Waals surface area contributed by atoms with E-state index in [0.717, 1.165) is 19.3 Å². The first-order valence-corrected chi connectivity index (χ1v) is 11.1. The van der Waals surface area contributed by atoms with Gasteiger partial charge in [-0.05, 0) is 18.8 Å². The molecular weight excluding hydrogens is 295 g/mol. The highest BCUT2D eigenvalue weighted by atomic mass is 31.2. The van der Waals surface area contributed by atoms with Crippen molar-refractivity contribution >= 4 is 7.60 Å². The summed E-state index contributed by atoms with van der Waals surface area (Å²) in [7, 11) is -2.86. The van der Waals surface area contributed by atoms with Crippen LogP contribution in [0.5, 0.6) is 0 Å². The molecule has 0 aromatic heterocycles. The van der Waals surface area contributed by atoms with Gasteiger partial charge in [0.2, 0.25) is 0 Å². The second kappa shape index (κ2) is 14.7. The first-order valence-electron chi connectivity index (χ1n) is 9.42. The Labute approximate surface area is 139 Å². The van der Waals surface area contributed by atoms with Crippen LogP contribution >= 0.6 is 7.60 Å². The largest absolute Gasteiger partial charge is 0.330 e. The Morgan fingerprint density at radius 1 is 0.773 bits per heavy atom. The van der Waals surface area contributed by atoms with Crippen molar-refractivity contribution in [2.75, 3.05) is 19.4 Å². The van der Waals surface area contributed by atoms with Crippen LogP contribution in [0.15, 0.2) is 0 Å². The summed E-state index contributed by atoms with van der Waals surface area (Å²) in [5.41, 5.74) is 0. The molecule has 0 aliphatic heterocycles. The highest BCUT2D eigenvalue weighted by Crippen LogP contribution is 2.49. The molecule has 0 radical (unpaired) electrons. The molecule has 0 N–H and O–H groups in total. The van der Waals surface area contributed by atoms with Crippen LogP contribution in [0.4, 0.5) is 0 Å². The van der Waals surface area contributed by atoms with Gasteiger partial charge < -0.3 is 9.05 Å². The van der Waals surface area contributed by atoms with Gasteiger partial charge in [0.05, 0.1) is 19.4 Å². The van der Waals surface area contributed by atoms with E-state index in [2.05, 4.69) is 27.7 Å². The molecule has 1 unspecified atom stereocenters. The smallest absolute Gasteiger partial charge is 0.309 e. The molecule has 4 heteroatoms. The van der Waals surface area contributed by atoms with Gasteiger partial charge in [-0.25, -0.2) is 0 Å². The van der Waals surface area contributed by atoms with E-state index in [4.69, 9.17) is 9.05 Å². The first-order chi connectivity index (χ1) is 10.5. The molecule has 3 nitrogen and oxygen atoms in total. The molecule has 1 atom stereocenters. The topological polar surface area (TPSA) is 35.5 Å². The second-order valence-electron chi connectivity index (χ2n) is 6.69. The van der Waals surface area contributed by atoms with Crippen molar-refractivity contribution in [2.45, 2.75) is 91.9 Å². The summed E-state index contributed by atoms with van der Waals surface area (Å²) in [6, 6.07) is 0. The van der Waals surface area contributed by atoms with E-state index in [1.165, 1.54) is 44.9 Å². The van der Waals surface area contributed by atoms with Gasteiger partial charge in [0.15, 0.2) is 0 Å². The van der Waals surface area contributed by atoms with Crippen molar-refractivity contribution < 1.29 is 13.6 Å². The molecule has 0 saturated heterocycles. The molecule has 0 aliphatic rings. The quantitative estimate of drug-likeness (QED) is 0.230. The zero-order chi connectivity index (χ0) is 16.7. The minimum absolute atomic E-state index is 0.390. The van der Waals surface area contributed by atoms with E-state index in [-0.39, 0.29) is 0 Å². The Balaban J connectivity index is 3.76. The van der Waals surface area contributed by atoms with E-state index in [9.17, 15) is 4.57 Å². The van der Waals surface area contributed by atoms with E-state index >= 15 is 0 Å². The van der Waals surface area contributed by atoms with Crippen molar-refractivity contribution in [1.82, 2.24) is 0 Å². The van der Waals surface area contributed by atoms with Crippen LogP contribution in [0.3, 0.4) is 0 Å². The lowest BCUT2D eigenvalue weighted by Crippen LogP contribution is -2.06. The third-order valence-corrected chi connectivity index (χ3v) is 5.66. The fraction of sp³-hybridized carbons (Fsp3) is 1.00. The van der Waals surface area contributed by atoms with E-state index in [0.29, 0.717) is 25.3 Å². The normalized spacial score (nSPS) is 14.4. The van der Waals surface area contributed by atoms with Gasteiger partial charge in [0.1, 0.15) is 0 Å². The first kappa shape index (κ1) is 22.1. The average Bonchev–Trinajstić information content (AvgIpc) is 2.49. The predicted molar refractivity (Wildman–Crippen MR) is 96.7 cm³/mol. The van der Waals surface area contributed by atoms with Gasteiger partial charge in [-0.1, -0.05) is 79.1 Å². The highest BCUT2D eigenvalue weighted by molar-refractivity contribution is 7.53. The molecule has 0 saturated carbocycles. The Kier molecular flexibility index (Phi) is 14.8. The van der Waals surface area contributed by atoms with Crippen molar-refractivity contribution in [3.05, 3.63) is 0 Å². The van der Waals surface area contributed by atoms with Crippen LogP contribution in [0.25, 0.3) is 0 Å². The minimum Gasteiger partial charge on any atom is -0.309 e. The van der Waals surface area contributed by atoms with Gasteiger partial charge in [0, 0.05) is 0 Å². The number of rotatable bonds is 16. The molecule has 0 heterocycles. The van der Waals surface area contributed by atoms with Crippen molar-refractivity contribution in [1.29, 1.82) is 0 Å². The molecule has 0 aromatic carbocycles. The van der Waals surface area contributed by atoms with Crippen LogP contribution < -0.4 is 0 Å². The lowest BCUT2D eigenvalue weighted by atomic mass is 10.1. The van der Waals surface area contributed by atoms with Crippen LogP contribution in [0, 0.1) is 5.92 Å². The predicted octanol–water partition coefficient (Wildman–Crippen LogP) is 6.81. The lowest BCUT2D eigenvalue weighted by molar-refractivity contribution is 0.184. The van der Waals surface area contributed by atoms with Crippen molar-refractivity contribution in [3.63, 3.8) is 0 Å². The molecule has 0 aromatic rings. The van der Waals surface area contributed by atoms with Crippen molar-refractivity contribution in [3.8, 4) is 0 Å². The number of hydrogen-bond donors (Lipinski definition) is 0. The standard InChI is InChI=1S/C18H39O3P/c1-5-7-9-10-11-12-13-14-15-20-22(19,16-8-6-2)21-17-18(3)4/h18H,5-17H2,1-4H3. The average molecular weight is 334 g/mol. The number of unbranched alkanes of at least 4 members (excludes halogenated alkanes) is 8. The van der Waals surface area contributed by atoms with Crippen molar-refractivity contribution in [2.24, 2.45) is 5.92 Å². The van der Waals surface area contributed by atoms with E-state index < -0.39 is 7.60 Å². The van der Waals surface area contributed by atoms with Gasteiger partial charge in [-0.2, -0.15) is 0 Å². The Bertz CT molecular complexity index is 280. The van der Waals surface area contributed by atoms with Gasteiger partial charge >= 0.3 is 7.60 Å². The van der Waals surface area contributed by atoms with Gasteiger partial charge in [-0.3, -0.25) is 4.57 Å². The van der Waals surface area contributed by atoms with Crippen LogP contribution in [0.2, 0.25) is 0 Å². The zero-order valence-electron chi connectivity index (χ0n) is 15.4. The third kappa shape index (κ3) is 13.8. The SMILES string of the molecule is CCCCCCCCCCOP(=O)(CCCC)OCC(C)C. The molecule has 0 rings (SSSR count). The summed E-state index contributed by atoms with van der Waals surface area (Å²) in [5.74, 6) is 0.390. The second-order valence-corrected chi connectivity index (χ2v) is 8.87. The Morgan fingerprint density at radius 2 is 1.32 bits per heavy atom. The fourth-order valence-corrected chi connectivity index (χ4v) is 4.19. The molecule has 0 spiro atoms. The lowest BCUT2D eigenvalue weighted by Gasteiger charge is -2.19. The van der Waals surface area contributed by atoms with E-state index in [1.807, 2.05) is 0 Å². The summed E-state index contributed by atoms with van der Waals surface area (Å²) in [6.07, 6.45) is 12.6. The third-order valence-electron chi connectivity index (χ3n) is 3.68. The summed E-state index contributed by atoms with van der Waals surface area (Å²) in [6.45, 7) is 9.60. The summed E-state index contributed by atoms with van der Waals surface area (Å²) in [4.78, 5) is 0.